The van der Waals surface area contributed by atoms with Gasteiger partial charge in [-0.05, 0) is 44.2 Å². The Morgan fingerprint density at radius 3 is 2.86 bits per heavy atom. The van der Waals surface area contributed by atoms with Gasteiger partial charge >= 0.3 is 0 Å². The van der Waals surface area contributed by atoms with Crippen LogP contribution in [0.2, 0.25) is 0 Å². The molecule has 114 valence electrons. The summed E-state index contributed by atoms with van der Waals surface area (Å²) in [6.07, 6.45) is 3.57. The van der Waals surface area contributed by atoms with Crippen LogP contribution in [0.4, 0.5) is 4.39 Å². The Kier molecular flexibility index (Phi) is 5.12. The van der Waals surface area contributed by atoms with Gasteiger partial charge in [-0.15, -0.1) is 0 Å². The molecule has 2 N–H and O–H groups in total. The van der Waals surface area contributed by atoms with Crippen molar-refractivity contribution in [3.8, 4) is 0 Å². The number of halogens is 1. The van der Waals surface area contributed by atoms with Crippen molar-refractivity contribution in [1.29, 1.82) is 0 Å². The summed E-state index contributed by atoms with van der Waals surface area (Å²) in [5, 5.41) is 0. The summed E-state index contributed by atoms with van der Waals surface area (Å²) in [7, 11) is 0. The highest BCUT2D eigenvalue weighted by molar-refractivity contribution is 5.95. The maximum absolute atomic E-state index is 13.7. The molecule has 1 saturated heterocycles. The number of rotatable bonds is 3. The minimum Gasteiger partial charge on any atom is -0.339 e. The molecule has 0 spiro atoms. The zero-order chi connectivity index (χ0) is 15.4. The lowest BCUT2D eigenvalue weighted by Gasteiger charge is -2.34. The molecule has 1 amide bonds. The molecule has 2 unspecified atom stereocenters. The minimum absolute atomic E-state index is 0.0545. The lowest BCUT2D eigenvalue weighted by atomic mass is 9.92. The van der Waals surface area contributed by atoms with E-state index in [1.165, 1.54) is 12.1 Å². The fourth-order valence-corrected chi connectivity index (χ4v) is 2.77. The smallest absolute Gasteiger partial charge is 0.246 e. The fourth-order valence-electron chi connectivity index (χ4n) is 2.77. The highest BCUT2D eigenvalue weighted by Gasteiger charge is 2.25. The van der Waals surface area contributed by atoms with Crippen molar-refractivity contribution in [3.63, 3.8) is 0 Å². The zero-order valence-electron chi connectivity index (χ0n) is 12.7. The van der Waals surface area contributed by atoms with E-state index in [9.17, 15) is 9.18 Å². The average Bonchev–Trinajstić information content (AvgIpc) is 2.47. The second-order valence-corrected chi connectivity index (χ2v) is 5.85. The number of hydrogen-bond donors (Lipinski definition) is 1. The highest BCUT2D eigenvalue weighted by atomic mass is 19.1. The molecule has 3 nitrogen and oxygen atoms in total. The largest absolute Gasteiger partial charge is 0.339 e. The molecule has 1 aliphatic rings. The molecular formula is C17H23FN2O. The Labute approximate surface area is 125 Å². The number of benzene rings is 1. The number of hydrogen-bond acceptors (Lipinski definition) is 2. The van der Waals surface area contributed by atoms with Gasteiger partial charge in [0.25, 0.3) is 0 Å². The summed E-state index contributed by atoms with van der Waals surface area (Å²) < 4.78 is 13.7. The Morgan fingerprint density at radius 1 is 1.48 bits per heavy atom. The molecule has 0 saturated carbocycles. The first-order valence-corrected chi connectivity index (χ1v) is 7.46. The van der Waals surface area contributed by atoms with Crippen LogP contribution in [-0.4, -0.2) is 29.9 Å². The highest BCUT2D eigenvalue weighted by Crippen LogP contribution is 2.21. The molecule has 1 fully saturated rings. The van der Waals surface area contributed by atoms with Crippen LogP contribution >= 0.6 is 0 Å². The van der Waals surface area contributed by atoms with Gasteiger partial charge in [0.15, 0.2) is 0 Å². The quantitative estimate of drug-likeness (QED) is 0.870. The summed E-state index contributed by atoms with van der Waals surface area (Å²) in [4.78, 5) is 14.2. The summed E-state index contributed by atoms with van der Waals surface area (Å²) in [5.74, 6) is -0.00267. The molecular weight excluding hydrogens is 267 g/mol. The second kappa shape index (κ2) is 6.85. The van der Waals surface area contributed by atoms with Gasteiger partial charge in [-0.1, -0.05) is 18.2 Å². The van der Waals surface area contributed by atoms with Crippen molar-refractivity contribution in [2.75, 3.05) is 13.1 Å². The third-order valence-corrected chi connectivity index (χ3v) is 4.15. The van der Waals surface area contributed by atoms with Gasteiger partial charge < -0.3 is 10.6 Å². The maximum atomic E-state index is 13.7. The molecule has 1 aromatic carbocycles. The van der Waals surface area contributed by atoms with E-state index in [4.69, 9.17) is 5.73 Å². The average molecular weight is 290 g/mol. The van der Waals surface area contributed by atoms with Crippen LogP contribution in [0, 0.1) is 11.7 Å². The first kappa shape index (κ1) is 15.7. The van der Waals surface area contributed by atoms with Gasteiger partial charge in [0.1, 0.15) is 5.82 Å². The van der Waals surface area contributed by atoms with Gasteiger partial charge in [-0.3, -0.25) is 4.79 Å². The number of likely N-dealkylation sites (tertiary alicyclic amines) is 1. The number of nitrogens with two attached hydrogens (primary N) is 1. The van der Waals surface area contributed by atoms with Crippen LogP contribution < -0.4 is 5.73 Å². The van der Waals surface area contributed by atoms with E-state index in [0.29, 0.717) is 23.6 Å². The van der Waals surface area contributed by atoms with Gasteiger partial charge in [-0.25, -0.2) is 4.39 Å². The summed E-state index contributed by atoms with van der Waals surface area (Å²) in [5.41, 5.74) is 7.07. The van der Waals surface area contributed by atoms with Crippen molar-refractivity contribution in [2.45, 2.75) is 32.7 Å². The van der Waals surface area contributed by atoms with Crippen LogP contribution in [0.3, 0.4) is 0 Å². The summed E-state index contributed by atoms with van der Waals surface area (Å²) in [6, 6.07) is 6.61. The van der Waals surface area contributed by atoms with Crippen molar-refractivity contribution >= 4 is 11.5 Å². The number of piperidine rings is 1. The van der Waals surface area contributed by atoms with Crippen LogP contribution in [0.15, 0.2) is 30.3 Å². The standard InChI is InChI=1S/C17H23FN2O/c1-12(15-7-3-4-8-16(15)18)10-17(21)20-9-5-6-14(11-20)13(2)19/h3-4,7-8,10,13-14H,5-6,9,11,19H2,1-2H3/b12-10+. The van der Waals surface area contributed by atoms with Gasteiger partial charge in [0.05, 0.1) is 0 Å². The van der Waals surface area contributed by atoms with Crippen LogP contribution in [-0.2, 0) is 4.79 Å². The summed E-state index contributed by atoms with van der Waals surface area (Å²) >= 11 is 0. The molecule has 4 heteroatoms. The van der Waals surface area contributed by atoms with Gasteiger partial charge in [0, 0.05) is 30.8 Å². The van der Waals surface area contributed by atoms with Crippen LogP contribution in [0.1, 0.15) is 32.3 Å². The molecule has 0 radical (unpaired) electrons. The molecule has 0 aliphatic carbocycles. The monoisotopic (exact) mass is 290 g/mol. The number of allylic oxidation sites excluding steroid dienone is 1. The van der Waals surface area contributed by atoms with E-state index < -0.39 is 0 Å². The molecule has 1 aromatic rings. The Hall–Kier alpha value is -1.68. The van der Waals surface area contributed by atoms with Gasteiger partial charge in [-0.2, -0.15) is 0 Å². The lowest BCUT2D eigenvalue weighted by Crippen LogP contribution is -2.44. The Balaban J connectivity index is 2.10. The van der Waals surface area contributed by atoms with Gasteiger partial charge in [0.2, 0.25) is 5.91 Å². The molecule has 0 aromatic heterocycles. The number of carbonyl (C=O) groups excluding carboxylic acids is 1. The van der Waals surface area contributed by atoms with E-state index in [-0.39, 0.29) is 17.8 Å². The Morgan fingerprint density at radius 2 is 2.19 bits per heavy atom. The molecule has 2 rings (SSSR count). The van der Waals surface area contributed by atoms with Crippen molar-refractivity contribution in [2.24, 2.45) is 11.7 Å². The normalized spacial score (nSPS) is 21.2. The first-order valence-electron chi connectivity index (χ1n) is 7.46. The summed E-state index contributed by atoms with van der Waals surface area (Å²) in [6.45, 7) is 5.20. The molecule has 1 heterocycles. The number of amides is 1. The van der Waals surface area contributed by atoms with Crippen LogP contribution in [0.5, 0.6) is 0 Å². The SMILES string of the molecule is C/C(=C\C(=O)N1CCCC(C(C)N)C1)c1ccccc1F. The van der Waals surface area contributed by atoms with Crippen molar-refractivity contribution in [3.05, 3.63) is 41.7 Å². The maximum Gasteiger partial charge on any atom is 0.246 e. The van der Waals surface area contributed by atoms with Crippen molar-refractivity contribution in [1.82, 2.24) is 4.90 Å². The topological polar surface area (TPSA) is 46.3 Å². The zero-order valence-corrected chi connectivity index (χ0v) is 12.7. The molecule has 1 aliphatic heterocycles. The lowest BCUT2D eigenvalue weighted by molar-refractivity contribution is -0.127. The van der Waals surface area contributed by atoms with E-state index in [1.54, 1.807) is 25.1 Å². The van der Waals surface area contributed by atoms with Crippen LogP contribution in [0.25, 0.3) is 5.57 Å². The minimum atomic E-state index is -0.300. The predicted octanol–water partition coefficient (Wildman–Crippen LogP) is 2.81. The third kappa shape index (κ3) is 3.91. The predicted molar refractivity (Wildman–Crippen MR) is 83.0 cm³/mol. The van der Waals surface area contributed by atoms with E-state index >= 15 is 0 Å². The fraction of sp³-hybridized carbons (Fsp3) is 0.471. The molecule has 2 atom stereocenters. The van der Waals surface area contributed by atoms with E-state index in [0.717, 1.165) is 19.4 Å². The Bertz CT molecular complexity index is 539. The molecule has 0 bridgehead atoms. The third-order valence-electron chi connectivity index (χ3n) is 4.15. The van der Waals surface area contributed by atoms with E-state index in [1.807, 2.05) is 11.8 Å². The number of carbonyl (C=O) groups is 1. The number of nitrogens with zero attached hydrogens (tertiary/aromatic N) is 1. The first-order chi connectivity index (χ1) is 9.99. The van der Waals surface area contributed by atoms with Crippen molar-refractivity contribution < 1.29 is 9.18 Å². The van der Waals surface area contributed by atoms with E-state index in [2.05, 4.69) is 0 Å². The molecule has 21 heavy (non-hydrogen) atoms. The second-order valence-electron chi connectivity index (χ2n) is 5.85.